The number of nitrogens with zero attached hydrogens (tertiary/aromatic N) is 4. The summed E-state index contributed by atoms with van der Waals surface area (Å²) in [4.78, 5) is 22.4. The zero-order valence-electron chi connectivity index (χ0n) is 21.6. The number of carbonyl (C=O) groups excluding carboxylic acids is 1. The van der Waals surface area contributed by atoms with Crippen LogP contribution in [-0.2, 0) is 10.0 Å². The number of methoxy groups -OCH3 is 1. The molecule has 10 heteroatoms. The normalized spacial score (nSPS) is 11.7. The van der Waals surface area contributed by atoms with Crippen LogP contribution in [0.3, 0.4) is 0 Å². The van der Waals surface area contributed by atoms with E-state index >= 15 is 0 Å². The van der Waals surface area contributed by atoms with E-state index in [1.54, 1.807) is 24.1 Å². The van der Waals surface area contributed by atoms with Gasteiger partial charge in [0.15, 0.2) is 5.13 Å². The number of thiazole rings is 1. The molecule has 0 spiro atoms. The van der Waals surface area contributed by atoms with E-state index in [-0.39, 0.29) is 23.9 Å². The Hall–Kier alpha value is -3.05. The van der Waals surface area contributed by atoms with Crippen molar-refractivity contribution in [2.45, 2.75) is 18.7 Å². The molecular weight excluding hydrogens is 508 g/mol. The summed E-state index contributed by atoms with van der Waals surface area (Å²) in [5.74, 6) is 0.459. The lowest BCUT2D eigenvalue weighted by molar-refractivity contribution is 0.0983. The zero-order chi connectivity index (χ0) is 27.0. The van der Waals surface area contributed by atoms with E-state index in [0.29, 0.717) is 29.5 Å². The van der Waals surface area contributed by atoms with Gasteiger partial charge < -0.3 is 9.64 Å². The molecule has 1 amide bonds. The molecule has 0 aliphatic heterocycles. The first-order valence-corrected chi connectivity index (χ1v) is 14.3. The van der Waals surface area contributed by atoms with Crippen LogP contribution in [0.1, 0.15) is 24.2 Å². The highest BCUT2D eigenvalue weighted by Crippen LogP contribution is 2.32. The summed E-state index contributed by atoms with van der Waals surface area (Å²) in [6.45, 7) is 14.6. The maximum Gasteiger partial charge on any atom is 0.260 e. The average molecular weight is 543 g/mol. The molecule has 2 aromatic carbocycles. The molecule has 8 nitrogen and oxygen atoms in total. The number of ether oxygens (including phenoxy) is 1. The quantitative estimate of drug-likeness (QED) is 0.276. The largest absolute Gasteiger partial charge is 0.497 e. The molecule has 198 valence electrons. The Morgan fingerprint density at radius 2 is 1.68 bits per heavy atom. The summed E-state index contributed by atoms with van der Waals surface area (Å²) in [6, 6.07) is 11.7. The maximum absolute atomic E-state index is 13.7. The van der Waals surface area contributed by atoms with E-state index < -0.39 is 10.0 Å². The molecule has 1 heterocycles. The Labute approximate surface area is 223 Å². The van der Waals surface area contributed by atoms with Gasteiger partial charge >= 0.3 is 0 Å². The fourth-order valence-electron chi connectivity index (χ4n) is 3.84. The van der Waals surface area contributed by atoms with E-state index in [4.69, 9.17) is 9.72 Å². The Bertz CT molecular complexity index is 1320. The van der Waals surface area contributed by atoms with Crippen molar-refractivity contribution in [3.05, 3.63) is 73.3 Å². The van der Waals surface area contributed by atoms with Crippen molar-refractivity contribution in [2.75, 3.05) is 51.3 Å². The van der Waals surface area contributed by atoms with Crippen molar-refractivity contribution in [3.8, 4) is 5.75 Å². The van der Waals surface area contributed by atoms with Gasteiger partial charge in [0.1, 0.15) is 5.75 Å². The SMILES string of the molecule is C=CCN(CC=C)S(=O)(=O)c1ccc(C(=O)N(CCN(CC)CC)c2nc3cc(OC)ccc3s2)cc1. The molecule has 0 fully saturated rings. The van der Waals surface area contributed by atoms with Crippen LogP contribution in [0.5, 0.6) is 5.75 Å². The number of carbonyl (C=O) groups is 1. The number of anilines is 1. The molecule has 0 N–H and O–H groups in total. The highest BCUT2D eigenvalue weighted by molar-refractivity contribution is 7.89. The van der Waals surface area contributed by atoms with E-state index in [0.717, 1.165) is 23.3 Å². The molecule has 0 aliphatic carbocycles. The first-order chi connectivity index (χ1) is 17.8. The smallest absolute Gasteiger partial charge is 0.260 e. The lowest BCUT2D eigenvalue weighted by atomic mass is 10.2. The minimum Gasteiger partial charge on any atom is -0.497 e. The highest BCUT2D eigenvalue weighted by atomic mass is 32.2. The van der Waals surface area contributed by atoms with Crippen molar-refractivity contribution in [2.24, 2.45) is 0 Å². The van der Waals surface area contributed by atoms with Crippen LogP contribution in [0.2, 0.25) is 0 Å². The molecule has 1 aromatic heterocycles. The number of aromatic nitrogens is 1. The molecule has 3 aromatic rings. The highest BCUT2D eigenvalue weighted by Gasteiger charge is 2.25. The van der Waals surface area contributed by atoms with Crippen LogP contribution in [0, 0.1) is 0 Å². The van der Waals surface area contributed by atoms with E-state index in [9.17, 15) is 13.2 Å². The van der Waals surface area contributed by atoms with Gasteiger partial charge in [-0.3, -0.25) is 9.69 Å². The van der Waals surface area contributed by atoms with E-state index in [1.165, 1.54) is 39.9 Å². The average Bonchev–Trinajstić information content (AvgIpc) is 3.33. The number of likely N-dealkylation sites (N-methyl/N-ethyl adjacent to an activating group) is 1. The molecule has 37 heavy (non-hydrogen) atoms. The minimum atomic E-state index is -3.76. The van der Waals surface area contributed by atoms with Crippen LogP contribution in [0.25, 0.3) is 10.2 Å². The maximum atomic E-state index is 13.7. The monoisotopic (exact) mass is 542 g/mol. The van der Waals surface area contributed by atoms with Crippen molar-refractivity contribution in [3.63, 3.8) is 0 Å². The van der Waals surface area contributed by atoms with Crippen molar-refractivity contribution < 1.29 is 17.9 Å². The number of benzene rings is 2. The topological polar surface area (TPSA) is 83.1 Å². The van der Waals surface area contributed by atoms with Gasteiger partial charge in [-0.1, -0.05) is 37.3 Å². The number of hydrogen-bond donors (Lipinski definition) is 0. The Morgan fingerprint density at radius 1 is 1.03 bits per heavy atom. The molecule has 3 rings (SSSR count). The Kier molecular flexibility index (Phi) is 9.99. The summed E-state index contributed by atoms with van der Waals surface area (Å²) in [5.41, 5.74) is 1.14. The third kappa shape index (κ3) is 6.64. The molecule has 0 saturated heterocycles. The molecule has 0 saturated carbocycles. The van der Waals surface area contributed by atoms with Gasteiger partial charge in [-0.05, 0) is 49.5 Å². The first kappa shape index (κ1) is 28.5. The van der Waals surface area contributed by atoms with Gasteiger partial charge in [0, 0.05) is 37.8 Å². The minimum absolute atomic E-state index is 0.106. The van der Waals surface area contributed by atoms with Crippen molar-refractivity contribution in [1.82, 2.24) is 14.2 Å². The third-order valence-corrected chi connectivity index (χ3v) is 8.90. The van der Waals surface area contributed by atoms with Crippen molar-refractivity contribution in [1.29, 1.82) is 0 Å². The second-order valence-electron chi connectivity index (χ2n) is 8.24. The number of amides is 1. The molecule has 0 atom stereocenters. The van der Waals surface area contributed by atoms with Gasteiger partial charge in [0.2, 0.25) is 10.0 Å². The van der Waals surface area contributed by atoms with Gasteiger partial charge in [-0.15, -0.1) is 13.2 Å². The zero-order valence-corrected chi connectivity index (χ0v) is 23.2. The number of sulfonamides is 1. The predicted octanol–water partition coefficient (Wildman–Crippen LogP) is 4.66. The first-order valence-electron chi connectivity index (χ1n) is 12.1. The number of rotatable bonds is 14. The standard InChI is InChI=1S/C27H34N4O4S2/c1-6-16-30(17-7-2)37(33,34)23-13-10-21(11-14-23)26(32)31(19-18-29(8-3)9-4)27-28-24-20-22(35-5)12-15-25(24)36-27/h6-7,10-15,20H,1-2,8-9,16-19H2,3-5H3. The summed E-state index contributed by atoms with van der Waals surface area (Å²) in [5, 5.41) is 0.584. The summed E-state index contributed by atoms with van der Waals surface area (Å²) in [6.07, 6.45) is 3.06. The van der Waals surface area contributed by atoms with Crippen LogP contribution in [-0.4, -0.2) is 74.9 Å². The number of fused-ring (bicyclic) bond motifs is 1. The third-order valence-electron chi connectivity index (χ3n) is 6.00. The van der Waals surface area contributed by atoms with Gasteiger partial charge in [-0.2, -0.15) is 4.31 Å². The predicted molar refractivity (Wildman–Crippen MR) is 151 cm³/mol. The molecule has 0 aliphatic rings. The van der Waals surface area contributed by atoms with Gasteiger partial charge in [0.05, 0.1) is 22.2 Å². The fraction of sp³-hybridized carbons (Fsp3) is 0.333. The van der Waals surface area contributed by atoms with E-state index in [2.05, 4.69) is 31.9 Å². The van der Waals surface area contributed by atoms with Crippen LogP contribution >= 0.6 is 11.3 Å². The lowest BCUT2D eigenvalue weighted by Crippen LogP contribution is -2.39. The van der Waals surface area contributed by atoms with E-state index in [1.807, 2.05) is 18.2 Å². The summed E-state index contributed by atoms with van der Waals surface area (Å²) in [7, 11) is -2.15. The number of hydrogen-bond acceptors (Lipinski definition) is 7. The fourth-order valence-corrected chi connectivity index (χ4v) is 6.19. The lowest BCUT2D eigenvalue weighted by Gasteiger charge is -2.25. The van der Waals surface area contributed by atoms with Crippen LogP contribution in [0.15, 0.2) is 72.7 Å². The van der Waals surface area contributed by atoms with Crippen LogP contribution in [0.4, 0.5) is 5.13 Å². The Morgan fingerprint density at radius 3 is 2.24 bits per heavy atom. The Balaban J connectivity index is 1.94. The molecular formula is C27H34N4O4S2. The second kappa shape index (κ2) is 13.0. The molecule has 0 unspecified atom stereocenters. The molecule has 0 bridgehead atoms. The molecule has 0 radical (unpaired) electrons. The second-order valence-corrected chi connectivity index (χ2v) is 11.2. The van der Waals surface area contributed by atoms with Crippen LogP contribution < -0.4 is 9.64 Å². The summed E-state index contributed by atoms with van der Waals surface area (Å²) < 4.78 is 33.6. The van der Waals surface area contributed by atoms with Gasteiger partial charge in [0.25, 0.3) is 5.91 Å². The summed E-state index contributed by atoms with van der Waals surface area (Å²) >= 11 is 1.44. The van der Waals surface area contributed by atoms with Crippen molar-refractivity contribution >= 4 is 42.6 Å². The van der Waals surface area contributed by atoms with Gasteiger partial charge in [-0.25, -0.2) is 13.4 Å².